The second-order valence-electron chi connectivity index (χ2n) is 7.09. The van der Waals surface area contributed by atoms with Gasteiger partial charge in [-0.3, -0.25) is 0 Å². The zero-order valence-corrected chi connectivity index (χ0v) is 15.3. The SMILES string of the molecule is CC(C)(C)OC(=O)N1C/C(=N\O)[C@@H](CNC(=O)OCc2ccccc2)C1. The van der Waals surface area contributed by atoms with Crippen LogP contribution in [-0.4, -0.2) is 53.2 Å². The van der Waals surface area contributed by atoms with Gasteiger partial charge in [0.05, 0.1) is 12.3 Å². The van der Waals surface area contributed by atoms with Gasteiger partial charge in [0.2, 0.25) is 0 Å². The molecule has 8 nitrogen and oxygen atoms in total. The van der Waals surface area contributed by atoms with Crippen LogP contribution >= 0.6 is 0 Å². The fraction of sp³-hybridized carbons (Fsp3) is 0.500. The molecule has 8 heteroatoms. The molecular weight excluding hydrogens is 338 g/mol. The van der Waals surface area contributed by atoms with Crippen molar-refractivity contribution in [1.29, 1.82) is 0 Å². The van der Waals surface area contributed by atoms with Crippen LogP contribution in [0.1, 0.15) is 26.3 Å². The topological polar surface area (TPSA) is 100 Å². The van der Waals surface area contributed by atoms with E-state index in [0.29, 0.717) is 12.3 Å². The first-order chi connectivity index (χ1) is 12.3. The number of hydrogen-bond donors (Lipinski definition) is 2. The van der Waals surface area contributed by atoms with Crippen LogP contribution in [0, 0.1) is 5.92 Å². The van der Waals surface area contributed by atoms with E-state index in [1.54, 1.807) is 20.8 Å². The summed E-state index contributed by atoms with van der Waals surface area (Å²) in [5, 5.41) is 15.0. The largest absolute Gasteiger partial charge is 0.445 e. The standard InChI is InChI=1S/C18H25N3O5/c1-18(2,3)26-17(23)21-10-14(15(11-21)20-24)9-19-16(22)25-12-13-7-5-4-6-8-13/h4-8,14,24H,9-12H2,1-3H3,(H,19,22)/b20-15+/t14-/m0/s1. The molecule has 1 fully saturated rings. The highest BCUT2D eigenvalue weighted by Gasteiger charge is 2.35. The number of ether oxygens (including phenoxy) is 2. The van der Waals surface area contributed by atoms with E-state index in [-0.39, 0.29) is 25.6 Å². The highest BCUT2D eigenvalue weighted by molar-refractivity contribution is 5.94. The van der Waals surface area contributed by atoms with E-state index in [1.165, 1.54) is 4.90 Å². The van der Waals surface area contributed by atoms with E-state index in [2.05, 4.69) is 10.5 Å². The number of benzene rings is 1. The molecule has 1 heterocycles. The number of carbonyl (C=O) groups is 2. The van der Waals surface area contributed by atoms with Crippen LogP contribution in [0.5, 0.6) is 0 Å². The molecule has 1 aromatic carbocycles. The Hall–Kier alpha value is -2.77. The minimum absolute atomic E-state index is 0.164. The van der Waals surface area contributed by atoms with Gasteiger partial charge < -0.3 is 24.9 Å². The van der Waals surface area contributed by atoms with Crippen molar-refractivity contribution in [2.45, 2.75) is 33.0 Å². The Morgan fingerprint density at radius 3 is 2.62 bits per heavy atom. The molecule has 0 saturated carbocycles. The third kappa shape index (κ3) is 5.94. The van der Waals surface area contributed by atoms with Crippen LogP contribution < -0.4 is 5.32 Å². The molecule has 0 radical (unpaired) electrons. The number of nitrogens with zero attached hydrogens (tertiary/aromatic N) is 2. The van der Waals surface area contributed by atoms with E-state index >= 15 is 0 Å². The average Bonchev–Trinajstić information content (AvgIpc) is 3.01. The number of carbonyl (C=O) groups excluding carboxylic acids is 2. The van der Waals surface area contributed by atoms with E-state index < -0.39 is 17.8 Å². The van der Waals surface area contributed by atoms with Crippen LogP contribution in [-0.2, 0) is 16.1 Å². The first kappa shape index (κ1) is 19.6. The highest BCUT2D eigenvalue weighted by atomic mass is 16.6. The first-order valence-electron chi connectivity index (χ1n) is 8.42. The van der Waals surface area contributed by atoms with E-state index in [1.807, 2.05) is 30.3 Å². The zero-order chi connectivity index (χ0) is 19.2. The van der Waals surface area contributed by atoms with Gasteiger partial charge in [0.15, 0.2) is 0 Å². The zero-order valence-electron chi connectivity index (χ0n) is 15.3. The summed E-state index contributed by atoms with van der Waals surface area (Å²) in [6.07, 6.45) is -1.05. The predicted octanol–water partition coefficient (Wildman–Crippen LogP) is 2.61. The number of oxime groups is 1. The maximum Gasteiger partial charge on any atom is 0.410 e. The minimum Gasteiger partial charge on any atom is -0.445 e. The summed E-state index contributed by atoms with van der Waals surface area (Å²) in [5.74, 6) is -0.295. The maximum absolute atomic E-state index is 12.1. The Kier molecular flexibility index (Phi) is 6.43. The fourth-order valence-electron chi connectivity index (χ4n) is 2.50. The predicted molar refractivity (Wildman–Crippen MR) is 95.1 cm³/mol. The average molecular weight is 363 g/mol. The monoisotopic (exact) mass is 363 g/mol. The van der Waals surface area contributed by atoms with E-state index in [4.69, 9.17) is 14.7 Å². The molecule has 0 aliphatic carbocycles. The van der Waals surface area contributed by atoms with Crippen molar-refractivity contribution in [3.05, 3.63) is 35.9 Å². The van der Waals surface area contributed by atoms with Gasteiger partial charge in [-0.1, -0.05) is 35.5 Å². The van der Waals surface area contributed by atoms with Crippen molar-refractivity contribution < 1.29 is 24.3 Å². The molecule has 2 amide bonds. The number of hydrogen-bond acceptors (Lipinski definition) is 6. The molecular formula is C18H25N3O5. The molecule has 1 aromatic rings. The number of likely N-dealkylation sites (tertiary alicyclic amines) is 1. The molecule has 2 rings (SSSR count). The van der Waals surface area contributed by atoms with Crippen molar-refractivity contribution in [3.63, 3.8) is 0 Å². The maximum atomic E-state index is 12.1. The van der Waals surface area contributed by atoms with Crippen LogP contribution in [0.3, 0.4) is 0 Å². The normalized spacial score (nSPS) is 18.7. The van der Waals surface area contributed by atoms with Gasteiger partial charge in [-0.2, -0.15) is 0 Å². The van der Waals surface area contributed by atoms with Crippen LogP contribution in [0.25, 0.3) is 0 Å². The summed E-state index contributed by atoms with van der Waals surface area (Å²) in [5.41, 5.74) is 0.696. The number of nitrogens with one attached hydrogen (secondary N) is 1. The molecule has 1 aliphatic rings. The summed E-state index contributed by atoms with van der Waals surface area (Å²) in [6.45, 7) is 6.18. The Balaban J connectivity index is 1.80. The van der Waals surface area contributed by atoms with E-state index in [0.717, 1.165) is 5.56 Å². The van der Waals surface area contributed by atoms with Crippen molar-refractivity contribution in [3.8, 4) is 0 Å². The first-order valence-corrected chi connectivity index (χ1v) is 8.42. The third-order valence-corrected chi connectivity index (χ3v) is 3.75. The summed E-state index contributed by atoms with van der Waals surface area (Å²) in [4.78, 5) is 25.4. The Labute approximate surface area is 152 Å². The van der Waals surface area contributed by atoms with Gasteiger partial charge in [-0.25, -0.2) is 9.59 Å². The molecule has 2 N–H and O–H groups in total. The Morgan fingerprint density at radius 1 is 1.31 bits per heavy atom. The minimum atomic E-state index is -0.606. The molecule has 0 bridgehead atoms. The van der Waals surface area contributed by atoms with Gasteiger partial charge in [-0.15, -0.1) is 0 Å². The van der Waals surface area contributed by atoms with Crippen LogP contribution in [0.4, 0.5) is 9.59 Å². The molecule has 0 spiro atoms. The molecule has 0 aromatic heterocycles. The van der Waals surface area contributed by atoms with E-state index in [9.17, 15) is 9.59 Å². The molecule has 0 unspecified atom stereocenters. The number of amides is 2. The molecule has 142 valence electrons. The van der Waals surface area contributed by atoms with Gasteiger partial charge in [0.1, 0.15) is 12.2 Å². The quantitative estimate of drug-likeness (QED) is 0.633. The van der Waals surface area contributed by atoms with Crippen LogP contribution in [0.2, 0.25) is 0 Å². The second-order valence-corrected chi connectivity index (χ2v) is 7.09. The molecule has 1 atom stereocenters. The lowest BCUT2D eigenvalue weighted by Gasteiger charge is -2.24. The van der Waals surface area contributed by atoms with Crippen molar-refractivity contribution in [2.24, 2.45) is 11.1 Å². The summed E-state index contributed by atoms with van der Waals surface area (Å²) in [7, 11) is 0. The Morgan fingerprint density at radius 2 is 2.00 bits per heavy atom. The molecule has 1 aliphatic heterocycles. The highest BCUT2D eigenvalue weighted by Crippen LogP contribution is 2.17. The third-order valence-electron chi connectivity index (χ3n) is 3.75. The van der Waals surface area contributed by atoms with Crippen LogP contribution in [0.15, 0.2) is 35.5 Å². The lowest BCUT2D eigenvalue weighted by molar-refractivity contribution is 0.0292. The van der Waals surface area contributed by atoms with Gasteiger partial charge >= 0.3 is 12.2 Å². The smallest absolute Gasteiger partial charge is 0.410 e. The summed E-state index contributed by atoms with van der Waals surface area (Å²) in [6, 6.07) is 9.34. The van der Waals surface area contributed by atoms with Gasteiger partial charge in [-0.05, 0) is 26.3 Å². The second kappa shape index (κ2) is 8.55. The Bertz CT molecular complexity index is 655. The van der Waals surface area contributed by atoms with Crippen molar-refractivity contribution in [2.75, 3.05) is 19.6 Å². The molecule has 1 saturated heterocycles. The van der Waals surface area contributed by atoms with Gasteiger partial charge in [0, 0.05) is 19.0 Å². The van der Waals surface area contributed by atoms with Gasteiger partial charge in [0.25, 0.3) is 0 Å². The van der Waals surface area contributed by atoms with Crippen molar-refractivity contribution >= 4 is 17.9 Å². The summed E-state index contributed by atoms with van der Waals surface area (Å²) >= 11 is 0. The fourth-order valence-corrected chi connectivity index (χ4v) is 2.50. The summed E-state index contributed by atoms with van der Waals surface area (Å²) < 4.78 is 10.5. The number of rotatable bonds is 4. The van der Waals surface area contributed by atoms with Crippen molar-refractivity contribution in [1.82, 2.24) is 10.2 Å². The number of alkyl carbamates (subject to hydrolysis) is 1. The lowest BCUT2D eigenvalue weighted by atomic mass is 10.1. The lowest BCUT2D eigenvalue weighted by Crippen LogP contribution is -2.36. The molecule has 26 heavy (non-hydrogen) atoms.